The first-order valence-electron chi connectivity index (χ1n) is 7.00. The molecule has 0 bridgehead atoms. The molecule has 1 amide bonds. The Bertz CT molecular complexity index is 417. The van der Waals surface area contributed by atoms with Crippen molar-refractivity contribution in [1.29, 1.82) is 0 Å². The van der Waals surface area contributed by atoms with Crippen LogP contribution < -0.4 is 10.6 Å². The Hall–Kier alpha value is -1.43. The van der Waals surface area contributed by atoms with Crippen LogP contribution in [0.15, 0.2) is 6.33 Å². The Labute approximate surface area is 114 Å². The third-order valence-corrected chi connectivity index (χ3v) is 3.74. The fourth-order valence-corrected chi connectivity index (χ4v) is 2.78. The summed E-state index contributed by atoms with van der Waals surface area (Å²) in [6, 6.07) is 0. The molecule has 0 aromatic carbocycles. The highest BCUT2D eigenvalue weighted by Gasteiger charge is 2.38. The van der Waals surface area contributed by atoms with E-state index < -0.39 is 0 Å². The highest BCUT2D eigenvalue weighted by molar-refractivity contribution is 5.82. The molecule has 2 N–H and O–H groups in total. The standard InChI is InChI=1S/C13H23N5O/c1-3-5-13(6-4-7-14-9-13)12(19)15-8-11-16-10-18(2)17-11/h10,14H,3-9H2,1-2H3,(H,15,19). The Morgan fingerprint density at radius 3 is 3.05 bits per heavy atom. The average Bonchev–Trinajstić information content (AvgIpc) is 2.83. The molecule has 2 rings (SSSR count). The number of rotatable bonds is 5. The molecule has 1 aromatic rings. The minimum absolute atomic E-state index is 0.133. The molecule has 1 fully saturated rings. The van der Waals surface area contributed by atoms with E-state index in [1.54, 1.807) is 11.0 Å². The van der Waals surface area contributed by atoms with Gasteiger partial charge in [0.1, 0.15) is 6.33 Å². The van der Waals surface area contributed by atoms with Gasteiger partial charge in [-0.05, 0) is 25.8 Å². The number of hydrogen-bond donors (Lipinski definition) is 2. The predicted molar refractivity (Wildman–Crippen MR) is 72.3 cm³/mol. The first-order chi connectivity index (χ1) is 9.16. The summed E-state index contributed by atoms with van der Waals surface area (Å²) >= 11 is 0. The van der Waals surface area contributed by atoms with Gasteiger partial charge in [-0.3, -0.25) is 9.48 Å². The van der Waals surface area contributed by atoms with Gasteiger partial charge in [-0.15, -0.1) is 0 Å². The minimum atomic E-state index is -0.248. The highest BCUT2D eigenvalue weighted by Crippen LogP contribution is 2.31. The van der Waals surface area contributed by atoms with Crippen LogP contribution >= 0.6 is 0 Å². The summed E-state index contributed by atoms with van der Waals surface area (Å²) in [6.07, 6.45) is 5.63. The lowest BCUT2D eigenvalue weighted by Gasteiger charge is -2.36. The minimum Gasteiger partial charge on any atom is -0.348 e. The van der Waals surface area contributed by atoms with E-state index in [1.807, 2.05) is 7.05 Å². The second-order valence-electron chi connectivity index (χ2n) is 5.33. The van der Waals surface area contributed by atoms with Crippen LogP contribution in [-0.4, -0.2) is 33.8 Å². The zero-order valence-corrected chi connectivity index (χ0v) is 11.8. The van der Waals surface area contributed by atoms with Gasteiger partial charge in [-0.25, -0.2) is 4.98 Å². The summed E-state index contributed by atoms with van der Waals surface area (Å²) in [7, 11) is 1.82. The molecule has 1 saturated heterocycles. The number of nitrogens with zero attached hydrogens (tertiary/aromatic N) is 3. The lowest BCUT2D eigenvalue weighted by atomic mass is 9.76. The number of aryl methyl sites for hydroxylation is 1. The van der Waals surface area contributed by atoms with E-state index in [0.29, 0.717) is 12.4 Å². The van der Waals surface area contributed by atoms with E-state index in [9.17, 15) is 4.79 Å². The van der Waals surface area contributed by atoms with Crippen molar-refractivity contribution in [3.63, 3.8) is 0 Å². The normalized spacial score (nSPS) is 23.3. The van der Waals surface area contributed by atoms with Crippen molar-refractivity contribution in [2.24, 2.45) is 12.5 Å². The second-order valence-corrected chi connectivity index (χ2v) is 5.33. The fourth-order valence-electron chi connectivity index (χ4n) is 2.78. The molecule has 0 saturated carbocycles. The molecule has 1 atom stereocenters. The number of carbonyl (C=O) groups excluding carboxylic acids is 1. The zero-order chi connectivity index (χ0) is 13.7. The molecule has 6 nitrogen and oxygen atoms in total. The summed E-state index contributed by atoms with van der Waals surface area (Å²) in [4.78, 5) is 16.6. The van der Waals surface area contributed by atoms with Gasteiger partial charge in [-0.1, -0.05) is 13.3 Å². The van der Waals surface area contributed by atoms with Crippen molar-refractivity contribution < 1.29 is 4.79 Å². The van der Waals surface area contributed by atoms with Gasteiger partial charge >= 0.3 is 0 Å². The van der Waals surface area contributed by atoms with E-state index in [4.69, 9.17) is 0 Å². The van der Waals surface area contributed by atoms with Crippen LogP contribution in [0.1, 0.15) is 38.4 Å². The Kier molecular flexibility index (Phi) is 4.52. The number of piperidine rings is 1. The fraction of sp³-hybridized carbons (Fsp3) is 0.769. The SMILES string of the molecule is CCCC1(C(=O)NCc2ncn(C)n2)CCCNC1. The van der Waals surface area contributed by atoms with Crippen LogP contribution in [-0.2, 0) is 18.4 Å². The van der Waals surface area contributed by atoms with Crippen molar-refractivity contribution in [2.45, 2.75) is 39.2 Å². The third-order valence-electron chi connectivity index (χ3n) is 3.74. The lowest BCUT2D eigenvalue weighted by Crippen LogP contribution is -2.50. The van der Waals surface area contributed by atoms with Crippen LogP contribution in [0.25, 0.3) is 0 Å². The smallest absolute Gasteiger partial charge is 0.227 e. The molecule has 106 valence electrons. The Morgan fingerprint density at radius 1 is 1.63 bits per heavy atom. The molecule has 19 heavy (non-hydrogen) atoms. The maximum Gasteiger partial charge on any atom is 0.227 e. The van der Waals surface area contributed by atoms with E-state index in [2.05, 4.69) is 27.6 Å². The highest BCUT2D eigenvalue weighted by atomic mass is 16.2. The molecule has 1 aromatic heterocycles. The van der Waals surface area contributed by atoms with Gasteiger partial charge < -0.3 is 10.6 Å². The molecule has 0 aliphatic carbocycles. The maximum absolute atomic E-state index is 12.5. The molecule has 1 aliphatic heterocycles. The Balaban J connectivity index is 1.95. The predicted octanol–water partition coefficient (Wildman–Crippen LogP) is 0.601. The molecule has 2 heterocycles. The van der Waals surface area contributed by atoms with Gasteiger partial charge in [0.05, 0.1) is 12.0 Å². The summed E-state index contributed by atoms with van der Waals surface area (Å²) in [5, 5.41) is 10.5. The molecular formula is C13H23N5O. The summed E-state index contributed by atoms with van der Waals surface area (Å²) in [6.45, 7) is 4.33. The topological polar surface area (TPSA) is 71.8 Å². The van der Waals surface area contributed by atoms with E-state index in [0.717, 1.165) is 38.8 Å². The Morgan fingerprint density at radius 2 is 2.47 bits per heavy atom. The van der Waals surface area contributed by atoms with Crippen molar-refractivity contribution >= 4 is 5.91 Å². The first kappa shape index (κ1) is 14.0. The lowest BCUT2D eigenvalue weighted by molar-refractivity contribution is -0.132. The largest absolute Gasteiger partial charge is 0.348 e. The monoisotopic (exact) mass is 265 g/mol. The van der Waals surface area contributed by atoms with Crippen LogP contribution in [0.4, 0.5) is 0 Å². The molecule has 1 aliphatic rings. The van der Waals surface area contributed by atoms with E-state index >= 15 is 0 Å². The second kappa shape index (κ2) is 6.14. The average molecular weight is 265 g/mol. The van der Waals surface area contributed by atoms with Crippen molar-refractivity contribution in [3.8, 4) is 0 Å². The van der Waals surface area contributed by atoms with E-state index in [-0.39, 0.29) is 11.3 Å². The van der Waals surface area contributed by atoms with Gasteiger partial charge in [0.25, 0.3) is 0 Å². The van der Waals surface area contributed by atoms with Crippen molar-refractivity contribution in [3.05, 3.63) is 12.2 Å². The van der Waals surface area contributed by atoms with Crippen molar-refractivity contribution in [2.75, 3.05) is 13.1 Å². The third kappa shape index (κ3) is 3.32. The summed E-state index contributed by atoms with van der Waals surface area (Å²) in [5.74, 6) is 0.792. The quantitative estimate of drug-likeness (QED) is 0.818. The summed E-state index contributed by atoms with van der Waals surface area (Å²) < 4.78 is 1.64. The van der Waals surface area contributed by atoms with Crippen LogP contribution in [0.2, 0.25) is 0 Å². The molecule has 0 spiro atoms. The van der Waals surface area contributed by atoms with Gasteiger partial charge in [0, 0.05) is 13.6 Å². The molecule has 6 heteroatoms. The van der Waals surface area contributed by atoms with E-state index in [1.165, 1.54) is 0 Å². The zero-order valence-electron chi connectivity index (χ0n) is 11.8. The van der Waals surface area contributed by atoms with Crippen LogP contribution in [0, 0.1) is 5.41 Å². The number of amides is 1. The molecule has 1 unspecified atom stereocenters. The maximum atomic E-state index is 12.5. The number of aromatic nitrogens is 3. The number of hydrogen-bond acceptors (Lipinski definition) is 4. The van der Waals surface area contributed by atoms with Gasteiger partial charge in [-0.2, -0.15) is 5.10 Å². The van der Waals surface area contributed by atoms with Crippen LogP contribution in [0.5, 0.6) is 0 Å². The van der Waals surface area contributed by atoms with Gasteiger partial charge in [0.2, 0.25) is 5.91 Å². The number of nitrogens with one attached hydrogen (secondary N) is 2. The molecule has 0 radical (unpaired) electrons. The van der Waals surface area contributed by atoms with Crippen LogP contribution in [0.3, 0.4) is 0 Å². The van der Waals surface area contributed by atoms with Crippen molar-refractivity contribution in [1.82, 2.24) is 25.4 Å². The number of carbonyl (C=O) groups is 1. The summed E-state index contributed by atoms with van der Waals surface area (Å²) in [5.41, 5.74) is -0.248. The van der Waals surface area contributed by atoms with Gasteiger partial charge in [0.15, 0.2) is 5.82 Å². The molecular weight excluding hydrogens is 242 g/mol. The first-order valence-corrected chi connectivity index (χ1v) is 7.00.